The molecule has 1 aliphatic rings. The van der Waals surface area contributed by atoms with Crippen LogP contribution in [0.3, 0.4) is 0 Å². The second kappa shape index (κ2) is 5.58. The number of nitriles is 1. The summed E-state index contributed by atoms with van der Waals surface area (Å²) in [4.78, 5) is 2.38. The maximum Gasteiger partial charge on any atom is 0.119 e. The van der Waals surface area contributed by atoms with Crippen LogP contribution >= 0.6 is 0 Å². The van der Waals surface area contributed by atoms with Gasteiger partial charge in [0.05, 0.1) is 13.2 Å². The molecule has 3 heteroatoms. The molecule has 3 nitrogen and oxygen atoms in total. The van der Waals surface area contributed by atoms with Gasteiger partial charge in [0.2, 0.25) is 0 Å². The van der Waals surface area contributed by atoms with Gasteiger partial charge < -0.3 is 9.64 Å². The fourth-order valence-electron chi connectivity index (χ4n) is 2.32. The van der Waals surface area contributed by atoms with Gasteiger partial charge in [0, 0.05) is 25.2 Å². The van der Waals surface area contributed by atoms with Crippen LogP contribution in [0.2, 0.25) is 0 Å². The molecule has 0 radical (unpaired) electrons. The Bertz CT molecular complexity index is 386. The zero-order chi connectivity index (χ0) is 12.1. The average Bonchev–Trinajstić information content (AvgIpc) is 2.40. The Morgan fingerprint density at radius 2 is 1.94 bits per heavy atom. The number of rotatable bonds is 3. The molecule has 1 aromatic rings. The number of piperidine rings is 1. The van der Waals surface area contributed by atoms with E-state index in [9.17, 15) is 0 Å². The van der Waals surface area contributed by atoms with Gasteiger partial charge in [0.15, 0.2) is 0 Å². The number of methoxy groups -OCH3 is 1. The van der Waals surface area contributed by atoms with Gasteiger partial charge in [-0.2, -0.15) is 5.26 Å². The van der Waals surface area contributed by atoms with E-state index < -0.39 is 0 Å². The van der Waals surface area contributed by atoms with Gasteiger partial charge in [0.25, 0.3) is 0 Å². The molecule has 0 unspecified atom stereocenters. The summed E-state index contributed by atoms with van der Waals surface area (Å²) in [6, 6.07) is 10.5. The molecular weight excluding hydrogens is 212 g/mol. The molecule has 0 aromatic heterocycles. The first-order chi connectivity index (χ1) is 8.33. The van der Waals surface area contributed by atoms with Crippen molar-refractivity contribution < 1.29 is 4.74 Å². The molecule has 0 amide bonds. The summed E-state index contributed by atoms with van der Waals surface area (Å²) < 4.78 is 5.15. The normalized spacial score (nSPS) is 16.6. The molecule has 2 rings (SSSR count). The zero-order valence-corrected chi connectivity index (χ0v) is 10.2. The van der Waals surface area contributed by atoms with Crippen LogP contribution in [0, 0.1) is 17.2 Å². The first kappa shape index (κ1) is 11.8. The minimum Gasteiger partial charge on any atom is -0.497 e. The van der Waals surface area contributed by atoms with E-state index in [0.29, 0.717) is 12.3 Å². The Morgan fingerprint density at radius 1 is 1.29 bits per heavy atom. The summed E-state index contributed by atoms with van der Waals surface area (Å²) in [5.41, 5.74) is 1.25. The monoisotopic (exact) mass is 230 g/mol. The molecule has 0 spiro atoms. The lowest BCUT2D eigenvalue weighted by atomic mass is 9.94. The number of hydrogen-bond donors (Lipinski definition) is 0. The number of benzene rings is 1. The summed E-state index contributed by atoms with van der Waals surface area (Å²) in [5.74, 6) is 1.49. The van der Waals surface area contributed by atoms with Gasteiger partial charge in [-0.15, -0.1) is 0 Å². The highest BCUT2D eigenvalue weighted by atomic mass is 16.5. The van der Waals surface area contributed by atoms with Crippen molar-refractivity contribution in [1.82, 2.24) is 0 Å². The van der Waals surface area contributed by atoms with Crippen molar-refractivity contribution in [3.05, 3.63) is 24.3 Å². The highest BCUT2D eigenvalue weighted by Gasteiger charge is 2.18. The Kier molecular flexibility index (Phi) is 3.87. The van der Waals surface area contributed by atoms with Crippen LogP contribution in [-0.4, -0.2) is 20.2 Å². The largest absolute Gasteiger partial charge is 0.497 e. The Morgan fingerprint density at radius 3 is 2.47 bits per heavy atom. The standard InChI is InChI=1S/C14H18N2O/c1-17-14-4-2-13(3-5-14)16-10-7-12(6-9-15)8-11-16/h2-5,12H,6-8,10-11H2,1H3. The van der Waals surface area contributed by atoms with Crippen molar-refractivity contribution in [2.75, 3.05) is 25.1 Å². The lowest BCUT2D eigenvalue weighted by Crippen LogP contribution is -2.33. The SMILES string of the molecule is COc1ccc(N2CCC(CC#N)CC2)cc1. The summed E-state index contributed by atoms with van der Waals surface area (Å²) in [6.45, 7) is 2.11. The molecule has 1 aromatic carbocycles. The lowest BCUT2D eigenvalue weighted by molar-refractivity contribution is 0.410. The van der Waals surface area contributed by atoms with Crippen molar-refractivity contribution >= 4 is 5.69 Å². The third kappa shape index (κ3) is 2.91. The molecule has 17 heavy (non-hydrogen) atoms. The smallest absolute Gasteiger partial charge is 0.119 e. The van der Waals surface area contributed by atoms with Crippen molar-refractivity contribution in [3.63, 3.8) is 0 Å². The molecule has 0 aliphatic carbocycles. The molecule has 0 atom stereocenters. The minimum absolute atomic E-state index is 0.592. The van der Waals surface area contributed by atoms with E-state index >= 15 is 0 Å². The van der Waals surface area contributed by atoms with E-state index in [2.05, 4.69) is 23.1 Å². The summed E-state index contributed by atoms with van der Waals surface area (Å²) >= 11 is 0. The Balaban J connectivity index is 1.93. The maximum absolute atomic E-state index is 8.68. The van der Waals surface area contributed by atoms with Gasteiger partial charge in [0.1, 0.15) is 5.75 Å². The summed E-state index contributed by atoms with van der Waals surface area (Å²) in [7, 11) is 1.68. The molecule has 1 aliphatic heterocycles. The van der Waals surface area contributed by atoms with Crippen LogP contribution in [0.15, 0.2) is 24.3 Å². The Labute approximate surface area is 103 Å². The van der Waals surface area contributed by atoms with E-state index in [1.165, 1.54) is 5.69 Å². The van der Waals surface area contributed by atoms with Gasteiger partial charge in [-0.1, -0.05) is 0 Å². The highest BCUT2D eigenvalue weighted by molar-refractivity contribution is 5.49. The lowest BCUT2D eigenvalue weighted by Gasteiger charge is -2.32. The van der Waals surface area contributed by atoms with Crippen molar-refractivity contribution in [2.45, 2.75) is 19.3 Å². The fourth-order valence-corrected chi connectivity index (χ4v) is 2.32. The average molecular weight is 230 g/mol. The van der Waals surface area contributed by atoms with Crippen molar-refractivity contribution in [2.24, 2.45) is 5.92 Å². The van der Waals surface area contributed by atoms with Gasteiger partial charge in [-0.05, 0) is 43.0 Å². The van der Waals surface area contributed by atoms with Crippen LogP contribution in [0.5, 0.6) is 5.75 Å². The minimum atomic E-state index is 0.592. The van der Waals surface area contributed by atoms with Crippen LogP contribution < -0.4 is 9.64 Å². The van der Waals surface area contributed by atoms with Crippen molar-refractivity contribution in [3.8, 4) is 11.8 Å². The molecule has 1 saturated heterocycles. The number of nitrogens with zero attached hydrogens (tertiary/aromatic N) is 2. The second-order valence-corrected chi connectivity index (χ2v) is 4.49. The molecule has 1 fully saturated rings. The van der Waals surface area contributed by atoms with Crippen LogP contribution in [0.25, 0.3) is 0 Å². The summed E-state index contributed by atoms with van der Waals surface area (Å²) in [5, 5.41) is 8.68. The number of hydrogen-bond acceptors (Lipinski definition) is 3. The molecular formula is C14H18N2O. The van der Waals surface area contributed by atoms with Crippen LogP contribution in [0.1, 0.15) is 19.3 Å². The quantitative estimate of drug-likeness (QED) is 0.801. The van der Waals surface area contributed by atoms with Gasteiger partial charge in [-0.25, -0.2) is 0 Å². The highest BCUT2D eigenvalue weighted by Crippen LogP contribution is 2.26. The fraction of sp³-hybridized carbons (Fsp3) is 0.500. The third-order valence-corrected chi connectivity index (χ3v) is 3.43. The van der Waals surface area contributed by atoms with E-state index in [1.54, 1.807) is 7.11 Å². The topological polar surface area (TPSA) is 36.3 Å². The molecule has 0 N–H and O–H groups in total. The molecule has 0 bridgehead atoms. The predicted molar refractivity (Wildman–Crippen MR) is 68.2 cm³/mol. The summed E-state index contributed by atoms with van der Waals surface area (Å²) in [6.07, 6.45) is 2.95. The van der Waals surface area contributed by atoms with E-state index in [0.717, 1.165) is 31.7 Å². The Hall–Kier alpha value is -1.69. The molecule has 1 heterocycles. The van der Waals surface area contributed by atoms with Crippen molar-refractivity contribution in [1.29, 1.82) is 5.26 Å². The van der Waals surface area contributed by atoms with Gasteiger partial charge >= 0.3 is 0 Å². The van der Waals surface area contributed by atoms with E-state index in [4.69, 9.17) is 10.00 Å². The number of anilines is 1. The van der Waals surface area contributed by atoms with E-state index in [-0.39, 0.29) is 0 Å². The van der Waals surface area contributed by atoms with Crippen LogP contribution in [-0.2, 0) is 0 Å². The molecule has 90 valence electrons. The number of ether oxygens (including phenoxy) is 1. The zero-order valence-electron chi connectivity index (χ0n) is 10.2. The van der Waals surface area contributed by atoms with Crippen LogP contribution in [0.4, 0.5) is 5.69 Å². The maximum atomic E-state index is 8.68. The van der Waals surface area contributed by atoms with E-state index in [1.807, 2.05) is 12.1 Å². The second-order valence-electron chi connectivity index (χ2n) is 4.49. The first-order valence-electron chi connectivity index (χ1n) is 6.09. The first-order valence-corrected chi connectivity index (χ1v) is 6.09. The third-order valence-electron chi connectivity index (χ3n) is 3.43. The molecule has 0 saturated carbocycles. The van der Waals surface area contributed by atoms with Gasteiger partial charge in [-0.3, -0.25) is 0 Å². The predicted octanol–water partition coefficient (Wildman–Crippen LogP) is 2.83.